The Kier molecular flexibility index (Phi) is 5.43. The van der Waals surface area contributed by atoms with Gasteiger partial charge in [-0.1, -0.05) is 6.92 Å². The zero-order valence-electron chi connectivity index (χ0n) is 13.7. The van der Waals surface area contributed by atoms with Gasteiger partial charge in [-0.3, -0.25) is 18.9 Å². The third kappa shape index (κ3) is 4.23. The molecule has 1 fully saturated rings. The maximum atomic E-state index is 11.9. The van der Waals surface area contributed by atoms with Crippen molar-refractivity contribution in [2.75, 3.05) is 12.3 Å². The van der Waals surface area contributed by atoms with Crippen LogP contribution in [0.15, 0.2) is 11.1 Å². The van der Waals surface area contributed by atoms with Gasteiger partial charge in [-0.15, -0.1) is 9.42 Å². The van der Waals surface area contributed by atoms with E-state index in [0.717, 1.165) is 0 Å². The number of fused-ring (bicyclic) bond motifs is 1. The van der Waals surface area contributed by atoms with Crippen LogP contribution in [0.25, 0.3) is 11.2 Å². The fraction of sp³-hybridized carbons (Fsp3) is 0.545. The first-order chi connectivity index (χ1) is 12.6. The van der Waals surface area contributed by atoms with E-state index in [9.17, 15) is 13.9 Å². The van der Waals surface area contributed by atoms with Crippen LogP contribution in [-0.2, 0) is 22.9 Å². The molecule has 0 aliphatic carbocycles. The Morgan fingerprint density at radius 2 is 2.22 bits per heavy atom. The summed E-state index contributed by atoms with van der Waals surface area (Å²) in [7, 11) is -7.84. The van der Waals surface area contributed by atoms with Crippen molar-refractivity contribution >= 4 is 33.2 Å². The first-order valence-electron chi connectivity index (χ1n) is 7.47. The molecule has 27 heavy (non-hydrogen) atoms. The average molecular weight is 424 g/mol. The molecule has 2 aromatic rings. The molecular weight excluding hydrogens is 408 g/mol. The zero-order valence-corrected chi connectivity index (χ0v) is 15.5. The van der Waals surface area contributed by atoms with Crippen LogP contribution < -0.4 is 11.3 Å². The van der Waals surface area contributed by atoms with Crippen molar-refractivity contribution < 1.29 is 37.6 Å². The Morgan fingerprint density at radius 1 is 1.52 bits per heavy atom. The van der Waals surface area contributed by atoms with E-state index < -0.39 is 52.6 Å². The summed E-state index contributed by atoms with van der Waals surface area (Å²) in [5.74, 6) is -0.831. The topological polar surface area (TPSA) is 212 Å². The minimum atomic E-state index is -4.89. The molecule has 0 spiro atoms. The molecule has 3 rings (SSSR count). The number of nitrogen functional groups attached to an aromatic ring is 1. The molecule has 6 N–H and O–H groups in total. The molecule has 16 heteroatoms. The van der Waals surface area contributed by atoms with Crippen molar-refractivity contribution in [3.63, 3.8) is 0 Å². The minimum absolute atomic E-state index is 0.00871. The number of aromatic amines is 1. The van der Waals surface area contributed by atoms with Crippen LogP contribution in [0.4, 0.5) is 5.95 Å². The van der Waals surface area contributed by atoms with Gasteiger partial charge in [0.15, 0.2) is 11.2 Å². The van der Waals surface area contributed by atoms with E-state index in [1.165, 1.54) is 10.9 Å². The standard InChI is InChI=1S/C11H15N5O9P2/c1-4-7(25-27(20,21)22)5(2-23-26(18)19)24-10(4)16-3-13-6-8(16)14-11(12)15-9(6)17/h3-5,7,10H,2H2,1H3,(H5-,12,14,15,17,18,19,20,21,22)/p+1/t4?,5-,7?,10-/m1/s1. The van der Waals surface area contributed by atoms with Gasteiger partial charge in [0.1, 0.15) is 25.0 Å². The molecule has 2 aromatic heterocycles. The predicted octanol–water partition coefficient (Wildman–Crippen LogP) is -0.621. The second-order valence-corrected chi connectivity index (χ2v) is 7.72. The number of nitrogens with zero attached hydrogens (tertiary/aromatic N) is 3. The molecule has 148 valence electrons. The van der Waals surface area contributed by atoms with Crippen molar-refractivity contribution in [1.82, 2.24) is 19.5 Å². The molecule has 1 aliphatic rings. The number of phosphoric acid groups is 1. The Balaban J connectivity index is 1.97. The summed E-state index contributed by atoms with van der Waals surface area (Å²) in [5.41, 5.74) is 5.07. The Hall–Kier alpha value is -1.76. The third-order valence-corrected chi connectivity index (χ3v) is 4.87. The van der Waals surface area contributed by atoms with E-state index in [0.29, 0.717) is 0 Å². The molecule has 0 saturated carbocycles. The van der Waals surface area contributed by atoms with E-state index in [1.807, 2.05) is 0 Å². The van der Waals surface area contributed by atoms with E-state index in [2.05, 4.69) is 19.5 Å². The number of rotatable bonds is 6. The second kappa shape index (κ2) is 7.34. The number of nitrogens with two attached hydrogens (primary N) is 1. The van der Waals surface area contributed by atoms with Crippen molar-refractivity contribution in [3.05, 3.63) is 16.7 Å². The fourth-order valence-corrected chi connectivity index (χ4v) is 3.84. The van der Waals surface area contributed by atoms with E-state index in [-0.39, 0.29) is 17.1 Å². The number of aromatic nitrogens is 4. The lowest BCUT2D eigenvalue weighted by Gasteiger charge is -2.20. The number of ether oxygens (including phenoxy) is 1. The van der Waals surface area contributed by atoms with Gasteiger partial charge < -0.3 is 20.3 Å². The number of anilines is 1. The van der Waals surface area contributed by atoms with Crippen LogP contribution in [0.1, 0.15) is 13.2 Å². The molecule has 0 aromatic carbocycles. The maximum Gasteiger partial charge on any atom is 0.694 e. The molecule has 5 atom stereocenters. The minimum Gasteiger partial charge on any atom is -0.369 e. The summed E-state index contributed by atoms with van der Waals surface area (Å²) in [6, 6.07) is 0. The van der Waals surface area contributed by atoms with Crippen LogP contribution in [0, 0.1) is 5.92 Å². The van der Waals surface area contributed by atoms with Crippen LogP contribution in [0.3, 0.4) is 0 Å². The summed E-state index contributed by atoms with van der Waals surface area (Å²) in [5, 5.41) is 0. The van der Waals surface area contributed by atoms with Gasteiger partial charge in [-0.2, -0.15) is 4.98 Å². The number of nitrogens with one attached hydrogen (secondary N) is 1. The molecular formula is C11H16N5O9P2+. The largest absolute Gasteiger partial charge is 0.694 e. The second-order valence-electron chi connectivity index (χ2n) is 5.79. The van der Waals surface area contributed by atoms with Crippen molar-refractivity contribution in [1.29, 1.82) is 0 Å². The van der Waals surface area contributed by atoms with E-state index in [4.69, 9.17) is 29.7 Å². The van der Waals surface area contributed by atoms with Crippen molar-refractivity contribution in [3.8, 4) is 0 Å². The van der Waals surface area contributed by atoms with Crippen LogP contribution in [0.5, 0.6) is 0 Å². The lowest BCUT2D eigenvalue weighted by atomic mass is 10.0. The molecule has 1 saturated heterocycles. The lowest BCUT2D eigenvalue weighted by Crippen LogP contribution is -2.31. The van der Waals surface area contributed by atoms with Gasteiger partial charge in [-0.25, -0.2) is 9.55 Å². The first-order valence-corrected chi connectivity index (χ1v) is 10.1. The van der Waals surface area contributed by atoms with Crippen LogP contribution >= 0.6 is 16.1 Å². The smallest absolute Gasteiger partial charge is 0.369 e. The van der Waals surface area contributed by atoms with E-state index in [1.54, 1.807) is 6.92 Å². The Morgan fingerprint density at radius 3 is 2.85 bits per heavy atom. The zero-order chi connectivity index (χ0) is 19.9. The maximum absolute atomic E-state index is 11.9. The van der Waals surface area contributed by atoms with Gasteiger partial charge in [0.2, 0.25) is 5.95 Å². The molecule has 14 nitrogen and oxygen atoms in total. The van der Waals surface area contributed by atoms with Crippen LogP contribution in [-0.4, -0.2) is 53.0 Å². The van der Waals surface area contributed by atoms with Crippen molar-refractivity contribution in [2.24, 2.45) is 5.92 Å². The highest BCUT2D eigenvalue weighted by Gasteiger charge is 2.48. The van der Waals surface area contributed by atoms with Gasteiger partial charge in [0.25, 0.3) is 5.56 Å². The number of hydrogen-bond donors (Lipinski definition) is 5. The number of phosphoric ester groups is 1. The highest BCUT2D eigenvalue weighted by atomic mass is 31.2. The highest BCUT2D eigenvalue weighted by Crippen LogP contribution is 2.46. The molecule has 3 heterocycles. The quantitative estimate of drug-likeness (QED) is 0.367. The van der Waals surface area contributed by atoms with E-state index >= 15 is 0 Å². The first kappa shape index (κ1) is 20.0. The summed E-state index contributed by atoms with van der Waals surface area (Å²) >= 11 is 0. The lowest BCUT2D eigenvalue weighted by molar-refractivity contribution is -0.0396. The molecule has 1 aliphatic heterocycles. The van der Waals surface area contributed by atoms with Gasteiger partial charge in [0.05, 0.1) is 6.33 Å². The summed E-state index contributed by atoms with van der Waals surface area (Å²) in [6.07, 6.45) is -1.91. The van der Waals surface area contributed by atoms with Crippen molar-refractivity contribution in [2.45, 2.75) is 25.4 Å². The van der Waals surface area contributed by atoms with Crippen LogP contribution in [0.2, 0.25) is 0 Å². The molecule has 0 amide bonds. The average Bonchev–Trinajstić information content (AvgIpc) is 3.07. The number of H-pyrrole nitrogens is 1. The molecule has 3 unspecified atom stereocenters. The monoisotopic (exact) mass is 424 g/mol. The summed E-state index contributed by atoms with van der Waals surface area (Å²) in [6.45, 7) is 1.12. The predicted molar refractivity (Wildman–Crippen MR) is 88.3 cm³/mol. The fourth-order valence-electron chi connectivity index (χ4n) is 2.92. The van der Waals surface area contributed by atoms with Gasteiger partial charge >= 0.3 is 16.1 Å². The number of imidazole rings is 1. The summed E-state index contributed by atoms with van der Waals surface area (Å²) < 4.78 is 38.5. The SMILES string of the molecule is CC1C(OP(=O)(O)O)[C@@H](CO[P+](=O)O)O[C@H]1n1cnc2c(=O)[nH]c(N)nc21. The normalized spacial score (nSPS) is 26.6. The highest BCUT2D eigenvalue weighted by molar-refractivity contribution is 7.46. The van der Waals surface area contributed by atoms with Gasteiger partial charge in [-0.05, 0) is 0 Å². The molecule has 0 bridgehead atoms. The number of hydrogen-bond acceptors (Lipinski definition) is 9. The Labute approximate surface area is 151 Å². The third-order valence-electron chi connectivity index (χ3n) is 3.98. The van der Waals surface area contributed by atoms with Gasteiger partial charge in [0, 0.05) is 10.5 Å². The Bertz CT molecular complexity index is 971. The summed E-state index contributed by atoms with van der Waals surface area (Å²) in [4.78, 5) is 49.2. The molecule has 0 radical (unpaired) electrons.